The van der Waals surface area contributed by atoms with Crippen molar-refractivity contribution in [1.29, 1.82) is 0 Å². The summed E-state index contributed by atoms with van der Waals surface area (Å²) >= 11 is 0. The number of piperidine rings is 1. The number of nitrogens with one attached hydrogen (secondary N) is 1. The Balaban J connectivity index is 2.08. The molecule has 0 spiro atoms. The Morgan fingerprint density at radius 3 is 3.00 bits per heavy atom. The molecular formula is C13H23N5. The number of rotatable bonds is 4. The number of anilines is 2. The van der Waals surface area contributed by atoms with Gasteiger partial charge in [0.15, 0.2) is 0 Å². The van der Waals surface area contributed by atoms with Crippen LogP contribution in [0, 0.1) is 5.92 Å². The van der Waals surface area contributed by atoms with Gasteiger partial charge in [0.1, 0.15) is 18.0 Å². The van der Waals surface area contributed by atoms with Crippen molar-refractivity contribution in [3.05, 3.63) is 12.4 Å². The summed E-state index contributed by atoms with van der Waals surface area (Å²) in [5.74, 6) is 2.74. The third-order valence-electron chi connectivity index (χ3n) is 3.43. The molecule has 0 aliphatic carbocycles. The Hall–Kier alpha value is -1.36. The highest BCUT2D eigenvalue weighted by Gasteiger charge is 2.20. The first kappa shape index (κ1) is 13.1. The zero-order chi connectivity index (χ0) is 13.0. The predicted molar refractivity (Wildman–Crippen MR) is 75.2 cm³/mol. The van der Waals surface area contributed by atoms with Crippen LogP contribution >= 0.6 is 0 Å². The lowest BCUT2D eigenvalue weighted by atomic mass is 9.98. The fourth-order valence-electron chi connectivity index (χ4n) is 2.48. The van der Waals surface area contributed by atoms with Gasteiger partial charge in [0.25, 0.3) is 0 Å². The van der Waals surface area contributed by atoms with Crippen molar-refractivity contribution in [3.8, 4) is 0 Å². The minimum absolute atomic E-state index is 0.724. The van der Waals surface area contributed by atoms with E-state index in [-0.39, 0.29) is 0 Å². The van der Waals surface area contributed by atoms with Gasteiger partial charge in [-0.3, -0.25) is 0 Å². The van der Waals surface area contributed by atoms with Crippen LogP contribution in [-0.4, -0.2) is 50.7 Å². The van der Waals surface area contributed by atoms with Crippen LogP contribution in [0.1, 0.15) is 12.8 Å². The van der Waals surface area contributed by atoms with Crippen molar-refractivity contribution in [1.82, 2.24) is 15.3 Å². The van der Waals surface area contributed by atoms with Gasteiger partial charge in [-0.2, -0.15) is 0 Å². The van der Waals surface area contributed by atoms with Crippen molar-refractivity contribution in [2.24, 2.45) is 5.92 Å². The van der Waals surface area contributed by atoms with Gasteiger partial charge in [-0.15, -0.1) is 0 Å². The van der Waals surface area contributed by atoms with Gasteiger partial charge in [0.05, 0.1) is 0 Å². The molecule has 0 aromatic carbocycles. The molecule has 2 rings (SSSR count). The molecule has 0 radical (unpaired) electrons. The van der Waals surface area contributed by atoms with E-state index in [1.165, 1.54) is 12.8 Å². The molecule has 18 heavy (non-hydrogen) atoms. The van der Waals surface area contributed by atoms with Gasteiger partial charge >= 0.3 is 0 Å². The minimum Gasteiger partial charge on any atom is -0.363 e. The standard InChI is InChI=1S/C13H23N5/c1-14-8-11-5-4-6-18(9-11)13-7-12(17(2)3)15-10-16-13/h7,10-11,14H,4-6,8-9H2,1-3H3. The van der Waals surface area contributed by atoms with E-state index >= 15 is 0 Å². The zero-order valence-electron chi connectivity index (χ0n) is 11.6. The highest BCUT2D eigenvalue weighted by atomic mass is 15.2. The second-order valence-electron chi connectivity index (χ2n) is 5.14. The molecule has 1 unspecified atom stereocenters. The van der Waals surface area contributed by atoms with E-state index in [2.05, 4.69) is 26.3 Å². The maximum absolute atomic E-state index is 4.41. The van der Waals surface area contributed by atoms with Gasteiger partial charge in [-0.1, -0.05) is 0 Å². The molecule has 2 heterocycles. The molecule has 1 fully saturated rings. The van der Waals surface area contributed by atoms with E-state index < -0.39 is 0 Å². The summed E-state index contributed by atoms with van der Waals surface area (Å²) in [7, 11) is 6.03. The van der Waals surface area contributed by atoms with Gasteiger partial charge < -0.3 is 15.1 Å². The summed E-state index contributed by atoms with van der Waals surface area (Å²) in [6.07, 6.45) is 4.21. The largest absolute Gasteiger partial charge is 0.363 e. The Kier molecular flexibility index (Phi) is 4.36. The zero-order valence-corrected chi connectivity index (χ0v) is 11.6. The molecule has 1 aliphatic heterocycles. The van der Waals surface area contributed by atoms with Crippen LogP contribution < -0.4 is 15.1 Å². The van der Waals surface area contributed by atoms with Gasteiger partial charge in [0.2, 0.25) is 0 Å². The predicted octanol–water partition coefficient (Wildman–Crippen LogP) is 0.978. The number of aromatic nitrogens is 2. The normalized spacial score (nSPS) is 19.9. The molecule has 1 N–H and O–H groups in total. The first-order valence-corrected chi connectivity index (χ1v) is 6.59. The molecule has 1 aromatic heterocycles. The van der Waals surface area contributed by atoms with Crippen molar-refractivity contribution in [2.75, 3.05) is 50.6 Å². The average molecular weight is 249 g/mol. The maximum atomic E-state index is 4.41. The molecule has 100 valence electrons. The lowest BCUT2D eigenvalue weighted by Gasteiger charge is -2.33. The molecule has 0 bridgehead atoms. The highest BCUT2D eigenvalue weighted by molar-refractivity contribution is 5.49. The summed E-state index contributed by atoms with van der Waals surface area (Å²) in [5.41, 5.74) is 0. The fourth-order valence-corrected chi connectivity index (χ4v) is 2.48. The summed E-state index contributed by atoms with van der Waals surface area (Å²) < 4.78 is 0. The van der Waals surface area contributed by atoms with E-state index in [4.69, 9.17) is 0 Å². The van der Waals surface area contributed by atoms with Crippen molar-refractivity contribution < 1.29 is 0 Å². The van der Waals surface area contributed by atoms with Crippen molar-refractivity contribution in [3.63, 3.8) is 0 Å². The van der Waals surface area contributed by atoms with E-state index in [9.17, 15) is 0 Å². The lowest BCUT2D eigenvalue weighted by Crippen LogP contribution is -2.39. The molecule has 0 saturated carbocycles. The molecule has 1 saturated heterocycles. The van der Waals surface area contributed by atoms with Crippen LogP contribution in [0.25, 0.3) is 0 Å². The van der Waals surface area contributed by atoms with E-state index in [0.29, 0.717) is 0 Å². The van der Waals surface area contributed by atoms with Crippen LogP contribution in [0.3, 0.4) is 0 Å². The third kappa shape index (κ3) is 3.10. The Morgan fingerprint density at radius 1 is 1.44 bits per heavy atom. The highest BCUT2D eigenvalue weighted by Crippen LogP contribution is 2.22. The molecule has 1 atom stereocenters. The van der Waals surface area contributed by atoms with Crippen molar-refractivity contribution in [2.45, 2.75) is 12.8 Å². The molecule has 5 heteroatoms. The lowest BCUT2D eigenvalue weighted by molar-refractivity contribution is 0.401. The summed E-state index contributed by atoms with van der Waals surface area (Å²) in [4.78, 5) is 13.1. The summed E-state index contributed by atoms with van der Waals surface area (Å²) in [6, 6.07) is 2.07. The first-order chi connectivity index (χ1) is 8.70. The monoisotopic (exact) mass is 249 g/mol. The van der Waals surface area contributed by atoms with Gasteiger partial charge in [0, 0.05) is 33.3 Å². The Labute approximate surface area is 109 Å². The topological polar surface area (TPSA) is 44.3 Å². The van der Waals surface area contributed by atoms with Gasteiger partial charge in [-0.05, 0) is 32.4 Å². The molecule has 5 nitrogen and oxygen atoms in total. The van der Waals surface area contributed by atoms with Crippen LogP contribution in [0.2, 0.25) is 0 Å². The van der Waals surface area contributed by atoms with E-state index in [1.807, 2.05) is 26.0 Å². The Bertz CT molecular complexity index is 377. The summed E-state index contributed by atoms with van der Waals surface area (Å²) in [5, 5.41) is 3.27. The maximum Gasteiger partial charge on any atom is 0.134 e. The van der Waals surface area contributed by atoms with Crippen molar-refractivity contribution >= 4 is 11.6 Å². The molecule has 1 aliphatic rings. The second-order valence-corrected chi connectivity index (χ2v) is 5.14. The first-order valence-electron chi connectivity index (χ1n) is 6.59. The second kappa shape index (κ2) is 6.00. The molecular weight excluding hydrogens is 226 g/mol. The van der Waals surface area contributed by atoms with Crippen LogP contribution in [-0.2, 0) is 0 Å². The van der Waals surface area contributed by atoms with Gasteiger partial charge in [-0.25, -0.2) is 9.97 Å². The minimum atomic E-state index is 0.724. The molecule has 1 aromatic rings. The van der Waals surface area contributed by atoms with E-state index in [0.717, 1.165) is 37.2 Å². The van der Waals surface area contributed by atoms with Crippen LogP contribution in [0.4, 0.5) is 11.6 Å². The quantitative estimate of drug-likeness (QED) is 0.861. The third-order valence-corrected chi connectivity index (χ3v) is 3.43. The Morgan fingerprint density at radius 2 is 2.28 bits per heavy atom. The fraction of sp³-hybridized carbons (Fsp3) is 0.692. The van der Waals surface area contributed by atoms with Crippen LogP contribution in [0.15, 0.2) is 12.4 Å². The smallest absolute Gasteiger partial charge is 0.134 e. The van der Waals surface area contributed by atoms with Crippen LogP contribution in [0.5, 0.6) is 0 Å². The number of nitrogens with zero attached hydrogens (tertiary/aromatic N) is 4. The number of hydrogen-bond acceptors (Lipinski definition) is 5. The van der Waals surface area contributed by atoms with E-state index in [1.54, 1.807) is 6.33 Å². The molecule has 0 amide bonds. The average Bonchev–Trinajstić information content (AvgIpc) is 2.39. The number of hydrogen-bond donors (Lipinski definition) is 1. The SMILES string of the molecule is CNCC1CCCN(c2cc(N(C)C)ncn2)C1. The summed E-state index contributed by atoms with van der Waals surface area (Å²) in [6.45, 7) is 3.27.